The van der Waals surface area contributed by atoms with E-state index in [-0.39, 0.29) is 11.9 Å². The number of nitrogens with one attached hydrogen (secondary N) is 2. The maximum atomic E-state index is 11.4. The summed E-state index contributed by atoms with van der Waals surface area (Å²) >= 11 is 0. The Kier molecular flexibility index (Phi) is 14.5. The quantitative estimate of drug-likeness (QED) is 0.127. The molecule has 2 saturated carbocycles. The number of benzene rings is 2. The van der Waals surface area contributed by atoms with Gasteiger partial charge in [0.05, 0.1) is 51.2 Å². The molecule has 0 amide bonds. The maximum Gasteiger partial charge on any atom is 0.305 e. The summed E-state index contributed by atoms with van der Waals surface area (Å²) in [6, 6.07) is 8.53. The van der Waals surface area contributed by atoms with Crippen molar-refractivity contribution in [2.24, 2.45) is 22.7 Å². The van der Waals surface area contributed by atoms with Crippen LogP contribution in [0.5, 0.6) is 11.5 Å². The molecule has 0 bridgehead atoms. The number of carbonyl (C=O) groups excluding carboxylic acids is 2. The lowest BCUT2D eigenvalue weighted by atomic mass is 9.70. The van der Waals surface area contributed by atoms with Crippen LogP contribution in [0.2, 0.25) is 0 Å². The Labute approximate surface area is 300 Å². The number of anilines is 4. The third kappa shape index (κ3) is 12.2. The highest BCUT2D eigenvalue weighted by atomic mass is 16.5. The normalized spacial score (nSPS) is 22.3. The Balaban J connectivity index is 0.000000270. The van der Waals surface area contributed by atoms with Crippen molar-refractivity contribution in [3.63, 3.8) is 0 Å². The zero-order valence-corrected chi connectivity index (χ0v) is 32.3. The second kappa shape index (κ2) is 17.9. The Hall–Kier alpha value is -3.82. The molecule has 0 aromatic heterocycles. The molecule has 0 aliphatic heterocycles. The van der Waals surface area contributed by atoms with Gasteiger partial charge in [0, 0.05) is 37.1 Å². The molecule has 0 saturated heterocycles. The van der Waals surface area contributed by atoms with Gasteiger partial charge in [0.25, 0.3) is 0 Å². The van der Waals surface area contributed by atoms with Crippen LogP contribution in [-0.4, -0.2) is 52.5 Å². The van der Waals surface area contributed by atoms with Crippen molar-refractivity contribution in [3.8, 4) is 11.5 Å². The predicted octanol–water partition coefficient (Wildman–Crippen LogP) is 8.02. The molecule has 50 heavy (non-hydrogen) atoms. The van der Waals surface area contributed by atoms with Gasteiger partial charge in [0.2, 0.25) is 0 Å². The molecule has 10 heteroatoms. The number of esters is 2. The SMILES string of the molecule is COC(=O)CCc1cc(N)c(N[C@@H]2C[C@H](C)CC(C)(C)C2)cc1OC.COC(=O)CCc1cc(N)c(N[C@H]2C[C@@H](C)CC(C)(C)C2)cc1OC. The summed E-state index contributed by atoms with van der Waals surface area (Å²) in [5.74, 6) is 2.43. The van der Waals surface area contributed by atoms with E-state index in [0.29, 0.717) is 71.8 Å². The lowest BCUT2D eigenvalue weighted by molar-refractivity contribution is -0.141. The lowest BCUT2D eigenvalue weighted by Crippen LogP contribution is -2.35. The third-order valence-corrected chi connectivity index (χ3v) is 10.1. The fraction of sp³-hybridized carbons (Fsp3) is 0.650. The number of nitrogen functional groups attached to an aromatic ring is 2. The molecule has 2 aromatic rings. The average Bonchev–Trinajstić information content (AvgIpc) is 3.02. The molecule has 280 valence electrons. The van der Waals surface area contributed by atoms with Crippen molar-refractivity contribution in [2.45, 2.75) is 118 Å². The fourth-order valence-corrected chi connectivity index (χ4v) is 8.34. The molecule has 6 N–H and O–H groups in total. The van der Waals surface area contributed by atoms with Crippen molar-refractivity contribution in [1.29, 1.82) is 0 Å². The van der Waals surface area contributed by atoms with E-state index in [1.807, 2.05) is 24.3 Å². The molecule has 4 rings (SSSR count). The average molecular weight is 697 g/mol. The van der Waals surface area contributed by atoms with Crippen molar-refractivity contribution in [1.82, 2.24) is 0 Å². The van der Waals surface area contributed by atoms with Gasteiger partial charge in [-0.2, -0.15) is 0 Å². The number of rotatable bonds is 12. The second-order valence-corrected chi connectivity index (χ2v) is 16.2. The first kappa shape index (κ1) is 40.6. The summed E-state index contributed by atoms with van der Waals surface area (Å²) in [5.41, 5.74) is 18.3. The molecule has 2 fully saturated rings. The van der Waals surface area contributed by atoms with Crippen LogP contribution in [-0.2, 0) is 31.9 Å². The van der Waals surface area contributed by atoms with Gasteiger partial charge in [-0.25, -0.2) is 0 Å². The summed E-state index contributed by atoms with van der Waals surface area (Å²) in [5, 5.41) is 7.23. The van der Waals surface area contributed by atoms with Crippen molar-refractivity contribution in [2.75, 3.05) is 50.5 Å². The number of ether oxygens (including phenoxy) is 4. The minimum Gasteiger partial charge on any atom is -0.496 e. The lowest BCUT2D eigenvalue weighted by Gasteiger charge is -2.39. The highest BCUT2D eigenvalue weighted by molar-refractivity contribution is 5.74. The molecule has 2 aromatic carbocycles. The molecule has 0 spiro atoms. The Morgan fingerprint density at radius 2 is 1.02 bits per heavy atom. The zero-order valence-electron chi connectivity index (χ0n) is 32.3. The van der Waals surface area contributed by atoms with E-state index in [4.69, 9.17) is 30.4 Å². The minimum absolute atomic E-state index is 0.235. The number of methoxy groups -OCH3 is 4. The van der Waals surface area contributed by atoms with Crippen LogP contribution in [0.1, 0.15) is 104 Å². The Bertz CT molecular complexity index is 1330. The maximum absolute atomic E-state index is 11.4. The highest BCUT2D eigenvalue weighted by Crippen LogP contribution is 2.42. The van der Waals surface area contributed by atoms with Gasteiger partial charge >= 0.3 is 11.9 Å². The standard InChI is InChI=1S/2C20H32N2O3/c2*1-13-8-15(12-20(2,3)11-13)22-17-10-18(24-4)14(9-16(17)21)6-7-19(23)25-5/h2*9-10,13,15,22H,6-8,11-12,21H2,1-5H3/t2*13-,15+/m10/s1. The van der Waals surface area contributed by atoms with E-state index in [2.05, 4.69) is 52.2 Å². The fourth-order valence-electron chi connectivity index (χ4n) is 8.34. The molecule has 0 radical (unpaired) electrons. The number of hydrogen-bond acceptors (Lipinski definition) is 10. The third-order valence-electron chi connectivity index (χ3n) is 10.1. The molecule has 2 aliphatic rings. The van der Waals surface area contributed by atoms with Crippen LogP contribution >= 0.6 is 0 Å². The Morgan fingerprint density at radius 1 is 0.660 bits per heavy atom. The van der Waals surface area contributed by atoms with E-state index < -0.39 is 0 Å². The van der Waals surface area contributed by atoms with Gasteiger partial charge in [0.15, 0.2) is 0 Å². The molecular formula is C40H64N4O6. The number of aryl methyl sites for hydroxylation is 2. The molecule has 0 heterocycles. The molecule has 2 aliphatic carbocycles. The van der Waals surface area contributed by atoms with Gasteiger partial charge < -0.3 is 41.0 Å². The minimum atomic E-state index is -0.235. The van der Waals surface area contributed by atoms with Gasteiger partial charge in [-0.1, -0.05) is 41.5 Å². The first-order chi connectivity index (χ1) is 23.5. The summed E-state index contributed by atoms with van der Waals surface area (Å²) in [4.78, 5) is 22.8. The van der Waals surface area contributed by atoms with Gasteiger partial charge in [-0.05, 0) is 97.3 Å². The summed E-state index contributed by atoms with van der Waals surface area (Å²) in [6.45, 7) is 14.0. The van der Waals surface area contributed by atoms with Crippen molar-refractivity contribution >= 4 is 34.7 Å². The van der Waals surface area contributed by atoms with Crippen molar-refractivity contribution < 1.29 is 28.5 Å². The first-order valence-corrected chi connectivity index (χ1v) is 18.1. The van der Waals surface area contributed by atoms with Crippen LogP contribution in [0.25, 0.3) is 0 Å². The number of nitrogens with two attached hydrogens (primary N) is 2. The topological polar surface area (TPSA) is 147 Å². The number of hydrogen-bond donors (Lipinski definition) is 4. The van der Waals surface area contributed by atoms with Crippen LogP contribution in [0.3, 0.4) is 0 Å². The van der Waals surface area contributed by atoms with Crippen molar-refractivity contribution in [3.05, 3.63) is 35.4 Å². The molecular weight excluding hydrogens is 632 g/mol. The summed E-state index contributed by atoms with van der Waals surface area (Å²) in [7, 11) is 6.08. The van der Waals surface area contributed by atoms with Gasteiger partial charge in [-0.15, -0.1) is 0 Å². The largest absolute Gasteiger partial charge is 0.496 e. The van der Waals surface area contributed by atoms with Gasteiger partial charge in [0.1, 0.15) is 11.5 Å². The van der Waals surface area contributed by atoms with E-state index in [1.54, 1.807) is 14.2 Å². The highest BCUT2D eigenvalue weighted by Gasteiger charge is 2.33. The first-order valence-electron chi connectivity index (χ1n) is 18.1. The van der Waals surface area contributed by atoms with Crippen LogP contribution in [0, 0.1) is 22.7 Å². The number of carbonyl (C=O) groups is 2. The summed E-state index contributed by atoms with van der Waals surface area (Å²) < 4.78 is 20.4. The zero-order chi connectivity index (χ0) is 37.2. The monoisotopic (exact) mass is 696 g/mol. The van der Waals surface area contributed by atoms with E-state index in [1.165, 1.54) is 27.1 Å². The molecule has 10 nitrogen and oxygen atoms in total. The Morgan fingerprint density at radius 3 is 1.32 bits per heavy atom. The van der Waals surface area contributed by atoms with E-state index in [0.717, 1.165) is 59.7 Å². The second-order valence-electron chi connectivity index (χ2n) is 16.2. The molecule has 4 atom stereocenters. The molecule has 0 unspecified atom stereocenters. The van der Waals surface area contributed by atoms with Crippen LogP contribution in [0.4, 0.5) is 22.7 Å². The van der Waals surface area contributed by atoms with Crippen LogP contribution in [0.15, 0.2) is 24.3 Å². The van der Waals surface area contributed by atoms with Gasteiger partial charge in [-0.3, -0.25) is 9.59 Å². The smallest absolute Gasteiger partial charge is 0.305 e. The van der Waals surface area contributed by atoms with E-state index >= 15 is 0 Å². The summed E-state index contributed by atoms with van der Waals surface area (Å²) in [6.07, 6.45) is 8.80. The predicted molar refractivity (Wildman–Crippen MR) is 204 cm³/mol. The van der Waals surface area contributed by atoms with Crippen LogP contribution < -0.4 is 31.6 Å². The van der Waals surface area contributed by atoms with E-state index in [9.17, 15) is 9.59 Å².